The summed E-state index contributed by atoms with van der Waals surface area (Å²) in [6, 6.07) is 9.62. The van der Waals surface area contributed by atoms with Crippen molar-refractivity contribution in [1.29, 1.82) is 5.41 Å². The van der Waals surface area contributed by atoms with Gasteiger partial charge in [-0.05, 0) is 63.0 Å². The number of fused-ring (bicyclic) bond motifs is 1. The van der Waals surface area contributed by atoms with E-state index in [2.05, 4.69) is 32.5 Å². The Kier molecular flexibility index (Phi) is 10.2. The molecule has 1 aliphatic carbocycles. The van der Waals surface area contributed by atoms with Gasteiger partial charge in [-0.15, -0.1) is 6.58 Å². The summed E-state index contributed by atoms with van der Waals surface area (Å²) in [4.78, 5) is 56.4. The minimum Gasteiger partial charge on any atom is -0.349 e. The van der Waals surface area contributed by atoms with E-state index in [9.17, 15) is 14.4 Å². The van der Waals surface area contributed by atoms with E-state index in [0.717, 1.165) is 28.2 Å². The van der Waals surface area contributed by atoms with E-state index in [1.165, 1.54) is 17.5 Å². The molecule has 2 atom stereocenters. The van der Waals surface area contributed by atoms with Crippen LogP contribution in [0.15, 0.2) is 100 Å². The van der Waals surface area contributed by atoms with Crippen LogP contribution in [-0.2, 0) is 9.59 Å². The smallest absolute Gasteiger partial charge is 0.330 e. The first kappa shape index (κ1) is 32.7. The van der Waals surface area contributed by atoms with Crippen LogP contribution in [0.5, 0.6) is 0 Å². The molecule has 1 unspecified atom stereocenters. The molecule has 0 bridgehead atoms. The lowest BCUT2D eigenvalue weighted by Gasteiger charge is -2.37. The van der Waals surface area contributed by atoms with Gasteiger partial charge in [-0.3, -0.25) is 29.4 Å². The maximum Gasteiger partial charge on any atom is 0.330 e. The van der Waals surface area contributed by atoms with Crippen LogP contribution in [0.3, 0.4) is 0 Å². The topological polar surface area (TPSA) is 155 Å². The van der Waals surface area contributed by atoms with Gasteiger partial charge in [-0.25, -0.2) is 9.79 Å². The van der Waals surface area contributed by atoms with E-state index < -0.39 is 12.1 Å². The molecule has 1 aromatic carbocycles. The number of benzodiazepines with no additional fused rings is 1. The van der Waals surface area contributed by atoms with Crippen molar-refractivity contribution in [1.82, 2.24) is 20.1 Å². The number of rotatable bonds is 11. The van der Waals surface area contributed by atoms with E-state index in [4.69, 9.17) is 10.4 Å². The summed E-state index contributed by atoms with van der Waals surface area (Å²) < 4.78 is 0. The number of para-hydroxylation sites is 1. The summed E-state index contributed by atoms with van der Waals surface area (Å²) in [6.45, 7) is 7.74. The Morgan fingerprint density at radius 1 is 1.21 bits per heavy atom. The zero-order chi connectivity index (χ0) is 33.5. The number of carbonyl (C=O) groups is 3. The van der Waals surface area contributed by atoms with Crippen LogP contribution in [0, 0.1) is 12.3 Å². The Hall–Kier alpha value is -5.65. The van der Waals surface area contributed by atoms with Gasteiger partial charge in [0.25, 0.3) is 0 Å². The number of pyridine rings is 1. The number of hydrogen-bond acceptors (Lipinski definition) is 7. The SMILES string of the molecule is C=CCCC1=N[C@@H](CC(=O)NC2C=C(N3CC(C=N)=C(/N=C/Nc4ccc(C)nc4)N(C)C3=O)C(C)=CC2)C(=O)Nc2ccccc21. The normalized spacial score (nSPS) is 19.7. The predicted octanol–water partition coefficient (Wildman–Crippen LogP) is 4.94. The Bertz CT molecular complexity index is 1740. The van der Waals surface area contributed by atoms with Gasteiger partial charge in [0.2, 0.25) is 11.8 Å². The number of anilines is 2. The van der Waals surface area contributed by atoms with Crippen molar-refractivity contribution in [2.75, 3.05) is 24.2 Å². The molecule has 47 heavy (non-hydrogen) atoms. The zero-order valence-corrected chi connectivity index (χ0v) is 26.8. The van der Waals surface area contributed by atoms with E-state index in [-0.39, 0.29) is 30.8 Å². The highest BCUT2D eigenvalue weighted by atomic mass is 16.2. The monoisotopic (exact) mass is 633 g/mol. The average Bonchev–Trinajstić information content (AvgIpc) is 3.19. The van der Waals surface area contributed by atoms with Gasteiger partial charge in [-0.2, -0.15) is 0 Å². The van der Waals surface area contributed by atoms with Crippen LogP contribution in [0.4, 0.5) is 16.2 Å². The third kappa shape index (κ3) is 7.60. The van der Waals surface area contributed by atoms with Crippen molar-refractivity contribution in [2.24, 2.45) is 9.98 Å². The van der Waals surface area contributed by atoms with Gasteiger partial charge in [0, 0.05) is 47.2 Å². The number of nitrogens with zero attached hydrogens (tertiary/aromatic N) is 5. The first-order valence-corrected chi connectivity index (χ1v) is 15.4. The molecular formula is C35H39N9O3. The minimum atomic E-state index is -0.889. The first-order valence-electron chi connectivity index (χ1n) is 15.4. The number of aliphatic imine (C=N–C) groups is 2. The third-order valence-electron chi connectivity index (χ3n) is 8.11. The van der Waals surface area contributed by atoms with Crippen LogP contribution in [0.1, 0.15) is 43.9 Å². The zero-order valence-electron chi connectivity index (χ0n) is 26.8. The van der Waals surface area contributed by atoms with Crippen molar-refractivity contribution in [3.63, 3.8) is 0 Å². The highest BCUT2D eigenvalue weighted by molar-refractivity contribution is 6.12. The van der Waals surface area contributed by atoms with Crippen molar-refractivity contribution in [3.8, 4) is 0 Å². The maximum atomic E-state index is 13.6. The Morgan fingerprint density at radius 2 is 2.02 bits per heavy atom. The summed E-state index contributed by atoms with van der Waals surface area (Å²) >= 11 is 0. The quantitative estimate of drug-likeness (QED) is 0.157. The molecule has 0 saturated carbocycles. The van der Waals surface area contributed by atoms with Crippen LogP contribution in [0.2, 0.25) is 0 Å². The number of nitrogens with one attached hydrogen (secondary N) is 4. The van der Waals surface area contributed by atoms with Crippen molar-refractivity contribution >= 4 is 47.5 Å². The molecule has 0 saturated heterocycles. The first-order chi connectivity index (χ1) is 22.7. The largest absolute Gasteiger partial charge is 0.349 e. The van der Waals surface area contributed by atoms with Gasteiger partial charge in [0.05, 0.1) is 37.2 Å². The molecule has 0 radical (unpaired) electrons. The number of amides is 4. The molecule has 2 aliphatic heterocycles. The molecule has 2 aromatic rings. The number of allylic oxidation sites excluding steroid dienone is 2. The Balaban J connectivity index is 1.29. The number of benzene rings is 1. The summed E-state index contributed by atoms with van der Waals surface area (Å²) in [7, 11) is 1.61. The standard InChI is InChI=1S/C35H39N9O3/c1-5-6-10-28-27-9-7-8-11-29(27)42-34(46)30(41-28)17-32(45)40-25-14-12-22(2)31(16-25)44-20-24(18-36)33(43(4)35(44)47)39-21-38-26-15-13-23(3)37-19-26/h5,7-9,11-13,15-16,18-19,21,25,30,36H,1,6,10,14,17,20H2,2-4H3,(H,38,39)(H,40,45)(H,42,46)/t25?,30-/m0/s1. The lowest BCUT2D eigenvalue weighted by Crippen LogP contribution is -2.47. The summed E-state index contributed by atoms with van der Waals surface area (Å²) in [5.41, 5.74) is 5.96. The second-order valence-corrected chi connectivity index (χ2v) is 11.5. The van der Waals surface area contributed by atoms with Crippen LogP contribution in [-0.4, -0.2) is 76.6 Å². The van der Waals surface area contributed by atoms with Gasteiger partial charge >= 0.3 is 6.03 Å². The molecular weight excluding hydrogens is 594 g/mol. The molecule has 0 fully saturated rings. The van der Waals surface area contributed by atoms with Crippen molar-refractivity contribution in [2.45, 2.75) is 51.6 Å². The van der Waals surface area contributed by atoms with E-state index in [1.54, 1.807) is 24.2 Å². The molecule has 3 heterocycles. The molecule has 4 amide bonds. The lowest BCUT2D eigenvalue weighted by atomic mass is 9.98. The molecule has 5 rings (SSSR count). The average molecular weight is 634 g/mol. The molecule has 12 nitrogen and oxygen atoms in total. The van der Waals surface area contributed by atoms with Crippen LogP contribution < -0.4 is 16.0 Å². The van der Waals surface area contributed by atoms with Crippen molar-refractivity contribution in [3.05, 3.63) is 101 Å². The van der Waals surface area contributed by atoms with E-state index in [1.807, 2.05) is 62.4 Å². The third-order valence-corrected chi connectivity index (χ3v) is 8.11. The number of hydrogen-bond donors (Lipinski definition) is 4. The van der Waals surface area contributed by atoms with Crippen LogP contribution >= 0.6 is 0 Å². The fourth-order valence-electron chi connectivity index (χ4n) is 5.58. The van der Waals surface area contributed by atoms with Gasteiger partial charge in [0.1, 0.15) is 11.9 Å². The van der Waals surface area contributed by atoms with E-state index in [0.29, 0.717) is 42.0 Å². The second kappa shape index (κ2) is 14.6. The predicted molar refractivity (Wildman–Crippen MR) is 185 cm³/mol. The highest BCUT2D eigenvalue weighted by Gasteiger charge is 2.34. The second-order valence-electron chi connectivity index (χ2n) is 11.5. The lowest BCUT2D eigenvalue weighted by molar-refractivity contribution is -0.125. The van der Waals surface area contributed by atoms with Crippen LogP contribution in [0.25, 0.3) is 0 Å². The highest BCUT2D eigenvalue weighted by Crippen LogP contribution is 2.29. The Labute approximate surface area is 274 Å². The van der Waals surface area contributed by atoms with Gasteiger partial charge in [0.15, 0.2) is 0 Å². The van der Waals surface area contributed by atoms with E-state index >= 15 is 0 Å². The summed E-state index contributed by atoms with van der Waals surface area (Å²) in [6.07, 6.45) is 11.7. The fraction of sp³-hybridized carbons (Fsp3) is 0.286. The Morgan fingerprint density at radius 3 is 2.77 bits per heavy atom. The summed E-state index contributed by atoms with van der Waals surface area (Å²) in [5, 5.41) is 17.0. The molecule has 242 valence electrons. The van der Waals surface area contributed by atoms with Crippen molar-refractivity contribution < 1.29 is 14.4 Å². The molecule has 4 N–H and O–H groups in total. The van der Waals surface area contributed by atoms with Gasteiger partial charge in [-0.1, -0.05) is 30.4 Å². The molecule has 12 heteroatoms. The fourth-order valence-corrected chi connectivity index (χ4v) is 5.58. The molecule has 3 aliphatic rings. The minimum absolute atomic E-state index is 0.125. The maximum absolute atomic E-state index is 13.6. The number of urea groups is 1. The number of carbonyl (C=O) groups excluding carboxylic acids is 3. The summed E-state index contributed by atoms with van der Waals surface area (Å²) in [5.74, 6) is -0.311. The number of aryl methyl sites for hydroxylation is 1. The molecule has 1 aromatic heterocycles. The molecule has 0 spiro atoms. The number of aromatic nitrogens is 1. The van der Waals surface area contributed by atoms with Gasteiger partial charge < -0.3 is 21.4 Å².